The van der Waals surface area contributed by atoms with E-state index in [2.05, 4.69) is 18.8 Å². The third kappa shape index (κ3) is 5.75. The lowest BCUT2D eigenvalue weighted by atomic mass is 10.1. The number of aromatic amines is 1. The van der Waals surface area contributed by atoms with Crippen molar-refractivity contribution in [2.45, 2.75) is 26.8 Å². The predicted octanol–water partition coefficient (Wildman–Crippen LogP) is 2.03. The molecule has 0 aliphatic carbocycles. The maximum atomic E-state index is 11.9. The van der Waals surface area contributed by atoms with Crippen molar-refractivity contribution in [3.8, 4) is 23.6 Å². The number of nitrogens with one attached hydrogen (secondary N) is 1. The lowest BCUT2D eigenvalue weighted by Crippen LogP contribution is -2.23. The molecular weight excluding hydrogens is 348 g/mol. The summed E-state index contributed by atoms with van der Waals surface area (Å²) in [4.78, 5) is 25.1. The van der Waals surface area contributed by atoms with Crippen LogP contribution in [-0.2, 0) is 6.54 Å². The quantitative estimate of drug-likeness (QED) is 0.859. The van der Waals surface area contributed by atoms with Crippen LogP contribution in [0.3, 0.4) is 0 Å². The third-order valence-electron chi connectivity index (χ3n) is 3.66. The van der Waals surface area contributed by atoms with Gasteiger partial charge in [0.05, 0.1) is 14.2 Å². The van der Waals surface area contributed by atoms with Gasteiger partial charge in [0, 0.05) is 18.9 Å². The molecule has 8 heteroatoms. The average molecular weight is 370 g/mol. The standard InChI is InChI=1S/C12H16N2O2.C7H6N2O2/c1-9(2)4-6-14-7-5-11(16-3)10(8-13)12(14)15;1-11-6-2-3-9-7(10)5(6)4-8/h5,7,9H,4,6H2,1-3H3;2-3H,1H3,(H,9,10). The van der Waals surface area contributed by atoms with Crippen molar-refractivity contribution >= 4 is 0 Å². The first-order chi connectivity index (χ1) is 12.9. The molecule has 2 aromatic rings. The molecule has 8 nitrogen and oxygen atoms in total. The Balaban J connectivity index is 0.000000289. The molecule has 0 aliphatic rings. The molecule has 0 radical (unpaired) electrons. The number of ether oxygens (including phenoxy) is 2. The van der Waals surface area contributed by atoms with E-state index in [0.717, 1.165) is 6.42 Å². The van der Waals surface area contributed by atoms with Crippen LogP contribution in [-0.4, -0.2) is 23.8 Å². The number of pyridine rings is 2. The van der Waals surface area contributed by atoms with Crippen molar-refractivity contribution in [2.24, 2.45) is 5.92 Å². The number of aromatic nitrogens is 2. The van der Waals surface area contributed by atoms with Gasteiger partial charge in [-0.2, -0.15) is 10.5 Å². The van der Waals surface area contributed by atoms with Gasteiger partial charge in [-0.1, -0.05) is 13.8 Å². The van der Waals surface area contributed by atoms with Crippen LogP contribution < -0.4 is 20.6 Å². The van der Waals surface area contributed by atoms with Gasteiger partial charge in [0.2, 0.25) is 0 Å². The van der Waals surface area contributed by atoms with Crippen LogP contribution in [0, 0.1) is 28.6 Å². The summed E-state index contributed by atoms with van der Waals surface area (Å²) in [7, 11) is 2.86. The zero-order valence-corrected chi connectivity index (χ0v) is 15.8. The van der Waals surface area contributed by atoms with Crippen molar-refractivity contribution in [3.05, 3.63) is 56.4 Å². The highest BCUT2D eigenvalue weighted by Gasteiger charge is 2.10. The molecule has 0 amide bonds. The second kappa shape index (κ2) is 10.5. The van der Waals surface area contributed by atoms with Gasteiger partial charge in [-0.3, -0.25) is 9.59 Å². The SMILES string of the molecule is COc1cc[nH]c(=O)c1C#N.COc1ccn(CCC(C)C)c(=O)c1C#N. The van der Waals surface area contributed by atoms with Crippen LogP contribution in [0.1, 0.15) is 31.4 Å². The maximum absolute atomic E-state index is 11.9. The van der Waals surface area contributed by atoms with Crippen LogP contribution in [0.4, 0.5) is 0 Å². The van der Waals surface area contributed by atoms with Crippen LogP contribution in [0.25, 0.3) is 0 Å². The fourth-order valence-corrected chi connectivity index (χ4v) is 2.14. The Labute approximate surface area is 157 Å². The summed E-state index contributed by atoms with van der Waals surface area (Å²) in [6, 6.07) is 6.81. The topological polar surface area (TPSA) is 121 Å². The van der Waals surface area contributed by atoms with E-state index in [9.17, 15) is 9.59 Å². The van der Waals surface area contributed by atoms with E-state index < -0.39 is 5.56 Å². The Hall–Kier alpha value is -3.52. The summed E-state index contributed by atoms with van der Waals surface area (Å²) >= 11 is 0. The fraction of sp³-hybridized carbons (Fsp3) is 0.368. The molecule has 2 heterocycles. The van der Waals surface area contributed by atoms with Gasteiger partial charge in [0.1, 0.15) is 23.6 Å². The molecule has 0 atom stereocenters. The smallest absolute Gasteiger partial charge is 0.272 e. The monoisotopic (exact) mass is 370 g/mol. The van der Waals surface area contributed by atoms with Gasteiger partial charge in [-0.15, -0.1) is 0 Å². The largest absolute Gasteiger partial charge is 0.495 e. The molecule has 0 spiro atoms. The number of H-pyrrole nitrogens is 1. The van der Waals surface area contributed by atoms with Gasteiger partial charge in [-0.05, 0) is 24.5 Å². The van der Waals surface area contributed by atoms with Crippen LogP contribution >= 0.6 is 0 Å². The van der Waals surface area contributed by atoms with Gasteiger partial charge < -0.3 is 19.0 Å². The summed E-state index contributed by atoms with van der Waals surface area (Å²) in [5.41, 5.74) is -0.613. The molecule has 27 heavy (non-hydrogen) atoms. The third-order valence-corrected chi connectivity index (χ3v) is 3.66. The van der Waals surface area contributed by atoms with Gasteiger partial charge in [-0.25, -0.2) is 0 Å². The van der Waals surface area contributed by atoms with Crippen molar-refractivity contribution in [1.82, 2.24) is 9.55 Å². The predicted molar refractivity (Wildman–Crippen MR) is 99.8 cm³/mol. The molecule has 0 aromatic carbocycles. The minimum absolute atomic E-state index is 0.00926. The summed E-state index contributed by atoms with van der Waals surface area (Å²) in [6.45, 7) is 4.83. The Bertz CT molecular complexity index is 961. The lowest BCUT2D eigenvalue weighted by molar-refractivity contribution is 0.409. The Morgan fingerprint density at radius 3 is 2.15 bits per heavy atom. The van der Waals surface area contributed by atoms with Crippen molar-refractivity contribution in [3.63, 3.8) is 0 Å². The Morgan fingerprint density at radius 2 is 1.67 bits per heavy atom. The lowest BCUT2D eigenvalue weighted by Gasteiger charge is -2.09. The van der Waals surface area contributed by atoms with Gasteiger partial charge in [0.15, 0.2) is 11.1 Å². The van der Waals surface area contributed by atoms with Crippen molar-refractivity contribution < 1.29 is 9.47 Å². The van der Waals surface area contributed by atoms with Gasteiger partial charge >= 0.3 is 0 Å². The number of nitriles is 2. The highest BCUT2D eigenvalue weighted by Crippen LogP contribution is 2.12. The average Bonchev–Trinajstić information content (AvgIpc) is 2.66. The normalized spacial score (nSPS) is 9.59. The number of rotatable bonds is 5. The van der Waals surface area contributed by atoms with E-state index in [-0.39, 0.29) is 16.7 Å². The van der Waals surface area contributed by atoms with E-state index >= 15 is 0 Å². The van der Waals surface area contributed by atoms with Crippen LogP contribution in [0.2, 0.25) is 0 Å². The van der Waals surface area contributed by atoms with E-state index in [4.69, 9.17) is 20.0 Å². The minimum atomic E-state index is -0.424. The molecule has 2 rings (SSSR count). The van der Waals surface area contributed by atoms with Crippen LogP contribution in [0.5, 0.6) is 11.5 Å². The number of hydrogen-bond acceptors (Lipinski definition) is 6. The highest BCUT2D eigenvalue weighted by atomic mass is 16.5. The van der Waals surface area contributed by atoms with E-state index in [1.165, 1.54) is 26.5 Å². The van der Waals surface area contributed by atoms with E-state index in [0.29, 0.717) is 24.0 Å². The molecule has 0 fully saturated rings. The second-order valence-electron chi connectivity index (χ2n) is 5.91. The first-order valence-electron chi connectivity index (χ1n) is 8.22. The summed E-state index contributed by atoms with van der Waals surface area (Å²) in [5.74, 6) is 1.17. The fourth-order valence-electron chi connectivity index (χ4n) is 2.14. The molecule has 0 bridgehead atoms. The van der Waals surface area contributed by atoms with Gasteiger partial charge in [0.25, 0.3) is 11.1 Å². The molecule has 142 valence electrons. The zero-order valence-electron chi connectivity index (χ0n) is 15.8. The molecule has 0 unspecified atom stereocenters. The Kier molecular flexibility index (Phi) is 8.34. The summed E-state index contributed by atoms with van der Waals surface area (Å²) < 4.78 is 11.3. The zero-order chi connectivity index (χ0) is 20.4. The molecular formula is C19H22N4O4. The molecule has 0 saturated carbocycles. The number of methoxy groups -OCH3 is 2. The van der Waals surface area contributed by atoms with Crippen molar-refractivity contribution in [2.75, 3.05) is 14.2 Å². The summed E-state index contributed by atoms with van der Waals surface area (Å²) in [6.07, 6.45) is 4.02. The maximum Gasteiger partial charge on any atom is 0.272 e. The highest BCUT2D eigenvalue weighted by molar-refractivity contribution is 5.40. The first kappa shape index (κ1) is 21.5. The summed E-state index contributed by atoms with van der Waals surface area (Å²) in [5, 5.41) is 17.4. The number of hydrogen-bond donors (Lipinski definition) is 1. The molecule has 0 saturated heterocycles. The molecule has 0 aliphatic heterocycles. The number of nitrogens with zero attached hydrogens (tertiary/aromatic N) is 3. The van der Waals surface area contributed by atoms with E-state index in [1.54, 1.807) is 22.9 Å². The first-order valence-corrected chi connectivity index (χ1v) is 8.22. The Morgan fingerprint density at radius 1 is 1.07 bits per heavy atom. The van der Waals surface area contributed by atoms with E-state index in [1.807, 2.05) is 6.07 Å². The van der Waals surface area contributed by atoms with Crippen molar-refractivity contribution in [1.29, 1.82) is 10.5 Å². The minimum Gasteiger partial charge on any atom is -0.495 e. The molecule has 1 N–H and O–H groups in total. The van der Waals surface area contributed by atoms with Crippen LogP contribution in [0.15, 0.2) is 34.1 Å². The second-order valence-corrected chi connectivity index (χ2v) is 5.91. The molecule has 2 aromatic heterocycles. The number of aryl methyl sites for hydroxylation is 1.